The number of nitrogens with one attached hydrogen (secondary N) is 1. The third kappa shape index (κ3) is 2.44. The van der Waals surface area contributed by atoms with Crippen molar-refractivity contribution in [3.63, 3.8) is 0 Å². The van der Waals surface area contributed by atoms with Gasteiger partial charge in [-0.25, -0.2) is 4.79 Å². The molecule has 17 heavy (non-hydrogen) atoms. The molecule has 0 aromatic heterocycles. The first-order chi connectivity index (χ1) is 7.99. The van der Waals surface area contributed by atoms with Gasteiger partial charge in [0, 0.05) is 6.61 Å². The van der Waals surface area contributed by atoms with Gasteiger partial charge in [-0.3, -0.25) is 4.79 Å². The van der Waals surface area contributed by atoms with E-state index in [1.165, 1.54) is 0 Å². The van der Waals surface area contributed by atoms with Gasteiger partial charge in [0.2, 0.25) is 5.91 Å². The van der Waals surface area contributed by atoms with Crippen molar-refractivity contribution in [1.82, 2.24) is 5.32 Å². The first kappa shape index (κ1) is 12.4. The summed E-state index contributed by atoms with van der Waals surface area (Å²) in [5.74, 6) is -1.21. The van der Waals surface area contributed by atoms with Gasteiger partial charge in [0.25, 0.3) is 0 Å². The zero-order valence-corrected chi connectivity index (χ0v) is 10.2. The molecule has 1 amide bonds. The van der Waals surface area contributed by atoms with Gasteiger partial charge in [-0.2, -0.15) is 0 Å². The van der Waals surface area contributed by atoms with Crippen molar-refractivity contribution in [2.75, 3.05) is 6.61 Å². The van der Waals surface area contributed by atoms with Crippen LogP contribution < -0.4 is 5.32 Å². The van der Waals surface area contributed by atoms with Crippen LogP contribution in [0.1, 0.15) is 33.1 Å². The minimum atomic E-state index is -1.10. The molecule has 0 bridgehead atoms. The molecular weight excluding hydrogens is 222 g/mol. The molecule has 0 radical (unpaired) electrons. The second-order valence-electron chi connectivity index (χ2n) is 5.11. The standard InChI is InChI=1S/C12H19NO4/c1-3-17-9-6-8(9)10(14)13-12(2,11(15)16)7-4-5-7/h7-9H,3-6H2,1-2H3,(H,13,14)(H,15,16)/t8-,9-,12-/m1/s1. The summed E-state index contributed by atoms with van der Waals surface area (Å²) in [6.07, 6.45) is 2.45. The number of carbonyl (C=O) groups is 2. The zero-order valence-electron chi connectivity index (χ0n) is 10.2. The molecule has 96 valence electrons. The molecule has 2 N–H and O–H groups in total. The number of carboxylic acids is 1. The Morgan fingerprint density at radius 2 is 2.12 bits per heavy atom. The second-order valence-corrected chi connectivity index (χ2v) is 5.11. The van der Waals surface area contributed by atoms with Crippen molar-refractivity contribution in [2.24, 2.45) is 11.8 Å². The Kier molecular flexibility index (Phi) is 3.12. The van der Waals surface area contributed by atoms with Gasteiger partial charge >= 0.3 is 5.97 Å². The van der Waals surface area contributed by atoms with Gasteiger partial charge < -0.3 is 15.2 Å². The molecule has 0 spiro atoms. The molecule has 0 saturated heterocycles. The van der Waals surface area contributed by atoms with Crippen molar-refractivity contribution in [3.8, 4) is 0 Å². The van der Waals surface area contributed by atoms with Crippen LogP contribution in [-0.4, -0.2) is 35.2 Å². The number of ether oxygens (including phenoxy) is 1. The molecule has 2 aliphatic rings. The number of carbonyl (C=O) groups excluding carboxylic acids is 1. The molecule has 0 unspecified atom stereocenters. The lowest BCUT2D eigenvalue weighted by molar-refractivity contribution is -0.148. The average molecular weight is 241 g/mol. The summed E-state index contributed by atoms with van der Waals surface area (Å²) in [4.78, 5) is 23.1. The lowest BCUT2D eigenvalue weighted by atomic mass is 9.95. The molecule has 0 aromatic carbocycles. The minimum absolute atomic E-state index is 0.0164. The predicted octanol–water partition coefficient (Wildman–Crippen LogP) is 0.781. The molecule has 2 saturated carbocycles. The summed E-state index contributed by atoms with van der Waals surface area (Å²) in [5.41, 5.74) is -1.10. The van der Waals surface area contributed by atoms with Crippen LogP contribution in [0.3, 0.4) is 0 Å². The highest BCUT2D eigenvalue weighted by molar-refractivity contribution is 5.89. The largest absolute Gasteiger partial charge is 0.480 e. The Labute approximate surface area is 101 Å². The van der Waals surface area contributed by atoms with Crippen LogP contribution in [0.2, 0.25) is 0 Å². The fourth-order valence-electron chi connectivity index (χ4n) is 2.19. The summed E-state index contributed by atoms with van der Waals surface area (Å²) in [6.45, 7) is 4.08. The molecule has 0 aromatic rings. The smallest absolute Gasteiger partial charge is 0.329 e. The summed E-state index contributed by atoms with van der Waals surface area (Å²) in [5, 5.41) is 11.9. The Bertz CT molecular complexity index is 339. The fraction of sp³-hybridized carbons (Fsp3) is 0.833. The topological polar surface area (TPSA) is 75.6 Å². The molecule has 3 atom stereocenters. The van der Waals surface area contributed by atoms with Crippen molar-refractivity contribution in [2.45, 2.75) is 44.8 Å². The van der Waals surface area contributed by atoms with Crippen LogP contribution in [0, 0.1) is 11.8 Å². The maximum Gasteiger partial charge on any atom is 0.329 e. The minimum Gasteiger partial charge on any atom is -0.480 e. The van der Waals surface area contributed by atoms with E-state index < -0.39 is 11.5 Å². The maximum atomic E-state index is 11.9. The van der Waals surface area contributed by atoms with E-state index in [0.29, 0.717) is 13.0 Å². The van der Waals surface area contributed by atoms with Crippen molar-refractivity contribution in [1.29, 1.82) is 0 Å². The summed E-state index contributed by atoms with van der Waals surface area (Å²) < 4.78 is 5.33. The van der Waals surface area contributed by atoms with Gasteiger partial charge in [0.05, 0.1) is 12.0 Å². The van der Waals surface area contributed by atoms with Gasteiger partial charge in [-0.1, -0.05) is 0 Å². The lowest BCUT2D eigenvalue weighted by Crippen LogP contribution is -2.54. The van der Waals surface area contributed by atoms with E-state index in [1.54, 1.807) is 6.92 Å². The normalized spacial score (nSPS) is 30.5. The quantitative estimate of drug-likeness (QED) is 0.720. The molecular formula is C12H19NO4. The molecule has 0 heterocycles. The number of aliphatic carboxylic acids is 1. The first-order valence-corrected chi connectivity index (χ1v) is 6.16. The van der Waals surface area contributed by atoms with Gasteiger partial charge in [0.15, 0.2) is 0 Å². The van der Waals surface area contributed by atoms with Crippen LogP contribution in [0.4, 0.5) is 0 Å². The Morgan fingerprint density at radius 3 is 2.59 bits per heavy atom. The summed E-state index contributed by atoms with van der Waals surface area (Å²) in [7, 11) is 0. The van der Waals surface area contributed by atoms with Crippen LogP contribution in [0.15, 0.2) is 0 Å². The average Bonchev–Trinajstić information content (AvgIpc) is 3.12. The molecule has 0 aliphatic heterocycles. The van der Waals surface area contributed by atoms with E-state index in [0.717, 1.165) is 12.8 Å². The van der Waals surface area contributed by atoms with Gasteiger partial charge in [0.1, 0.15) is 5.54 Å². The predicted molar refractivity (Wildman–Crippen MR) is 60.4 cm³/mol. The second kappa shape index (κ2) is 4.29. The lowest BCUT2D eigenvalue weighted by Gasteiger charge is -2.26. The van der Waals surface area contributed by atoms with Crippen molar-refractivity contribution >= 4 is 11.9 Å². The van der Waals surface area contributed by atoms with Crippen LogP contribution in [0.25, 0.3) is 0 Å². The summed E-state index contributed by atoms with van der Waals surface area (Å²) >= 11 is 0. The third-order valence-electron chi connectivity index (χ3n) is 3.67. The van der Waals surface area contributed by atoms with Crippen molar-refractivity contribution in [3.05, 3.63) is 0 Å². The van der Waals surface area contributed by atoms with Crippen LogP contribution in [-0.2, 0) is 14.3 Å². The molecule has 2 fully saturated rings. The maximum absolute atomic E-state index is 11.9. The zero-order chi connectivity index (χ0) is 12.6. The number of hydrogen-bond acceptors (Lipinski definition) is 3. The molecule has 5 nitrogen and oxygen atoms in total. The number of carboxylic acid groups (broad SMARTS) is 1. The fourth-order valence-corrected chi connectivity index (χ4v) is 2.19. The van der Waals surface area contributed by atoms with E-state index in [2.05, 4.69) is 5.32 Å². The molecule has 2 rings (SSSR count). The van der Waals surface area contributed by atoms with Gasteiger partial charge in [-0.15, -0.1) is 0 Å². The number of rotatable bonds is 6. The van der Waals surface area contributed by atoms with E-state index in [1.807, 2.05) is 6.92 Å². The monoisotopic (exact) mass is 241 g/mol. The van der Waals surface area contributed by atoms with E-state index in [9.17, 15) is 14.7 Å². The highest BCUT2D eigenvalue weighted by atomic mass is 16.5. The Balaban J connectivity index is 1.91. The number of hydrogen-bond donors (Lipinski definition) is 2. The van der Waals surface area contributed by atoms with Gasteiger partial charge in [-0.05, 0) is 39.0 Å². The third-order valence-corrected chi connectivity index (χ3v) is 3.67. The highest BCUT2D eigenvalue weighted by Crippen LogP contribution is 2.41. The molecule has 5 heteroatoms. The number of amides is 1. The highest BCUT2D eigenvalue weighted by Gasteiger charge is 2.52. The van der Waals surface area contributed by atoms with Crippen LogP contribution in [0.5, 0.6) is 0 Å². The van der Waals surface area contributed by atoms with E-state index in [4.69, 9.17) is 4.74 Å². The van der Waals surface area contributed by atoms with Crippen molar-refractivity contribution < 1.29 is 19.4 Å². The Hall–Kier alpha value is -1.10. The SMILES string of the molecule is CCO[C@@H]1C[C@H]1C(=O)N[C@@](C)(C(=O)O)C1CC1. The first-order valence-electron chi connectivity index (χ1n) is 6.16. The molecule has 2 aliphatic carbocycles. The van der Waals surface area contributed by atoms with Crippen LogP contribution >= 0.6 is 0 Å². The van der Waals surface area contributed by atoms with E-state index in [-0.39, 0.29) is 23.8 Å². The Morgan fingerprint density at radius 1 is 1.47 bits per heavy atom. The summed E-state index contributed by atoms with van der Waals surface area (Å²) in [6, 6.07) is 0. The van der Waals surface area contributed by atoms with E-state index >= 15 is 0 Å².